The molecule has 1 saturated heterocycles. The molecule has 150 valence electrons. The fourth-order valence-corrected chi connectivity index (χ4v) is 3.88. The zero-order valence-electron chi connectivity index (χ0n) is 16.3. The molecule has 2 aromatic heterocycles. The van der Waals surface area contributed by atoms with Crippen LogP contribution in [0.3, 0.4) is 0 Å². The summed E-state index contributed by atoms with van der Waals surface area (Å²) in [5.74, 6) is 0.882. The number of benzene rings is 1. The van der Waals surface area contributed by atoms with Crippen molar-refractivity contribution >= 4 is 29.2 Å². The average molecular weight is 412 g/mol. The highest BCUT2D eigenvalue weighted by Crippen LogP contribution is 2.19. The highest BCUT2D eigenvalue weighted by molar-refractivity contribution is 6.31. The summed E-state index contributed by atoms with van der Waals surface area (Å²) in [7, 11) is 1.67. The molecular formula is C22H24ClN4O2+. The lowest BCUT2D eigenvalue weighted by Gasteiger charge is -2.31. The number of quaternary nitrogens is 1. The summed E-state index contributed by atoms with van der Waals surface area (Å²) in [6, 6.07) is 13.9. The van der Waals surface area contributed by atoms with Gasteiger partial charge in [-0.2, -0.15) is 0 Å². The van der Waals surface area contributed by atoms with Gasteiger partial charge in [0, 0.05) is 17.8 Å². The molecule has 3 aromatic rings. The first-order chi connectivity index (χ1) is 14.1. The molecule has 4 rings (SSSR count). The highest BCUT2D eigenvalue weighted by atomic mass is 35.5. The molecule has 0 spiro atoms. The molecule has 3 heterocycles. The van der Waals surface area contributed by atoms with Crippen LogP contribution in [-0.2, 0) is 11.3 Å². The van der Waals surface area contributed by atoms with Gasteiger partial charge in [0.1, 0.15) is 17.9 Å². The molecule has 0 bridgehead atoms. The summed E-state index contributed by atoms with van der Waals surface area (Å²) >= 11 is 6.23. The van der Waals surface area contributed by atoms with Crippen LogP contribution in [0.1, 0.15) is 11.3 Å². The van der Waals surface area contributed by atoms with Crippen LogP contribution in [-0.4, -0.2) is 53.5 Å². The van der Waals surface area contributed by atoms with Gasteiger partial charge in [-0.25, -0.2) is 4.98 Å². The van der Waals surface area contributed by atoms with Crippen molar-refractivity contribution in [1.29, 1.82) is 0 Å². The normalized spacial score (nSPS) is 15.3. The Hall–Kier alpha value is -2.83. The fourth-order valence-electron chi connectivity index (χ4n) is 3.64. The monoisotopic (exact) mass is 411 g/mol. The molecule has 1 amide bonds. The number of nitrogens with one attached hydrogen (secondary N) is 1. The number of piperazine rings is 1. The number of imidazole rings is 1. The van der Waals surface area contributed by atoms with E-state index in [4.69, 9.17) is 16.3 Å². The first-order valence-electron chi connectivity index (χ1n) is 9.70. The molecule has 7 heteroatoms. The van der Waals surface area contributed by atoms with Gasteiger partial charge in [-0.05, 0) is 42.5 Å². The molecule has 0 aliphatic carbocycles. The number of carbonyl (C=O) groups is 1. The second-order valence-corrected chi connectivity index (χ2v) is 7.51. The van der Waals surface area contributed by atoms with Crippen LogP contribution in [0.25, 0.3) is 11.7 Å². The summed E-state index contributed by atoms with van der Waals surface area (Å²) < 4.78 is 7.09. The average Bonchev–Trinajstić information content (AvgIpc) is 3.08. The summed E-state index contributed by atoms with van der Waals surface area (Å²) in [5, 5.41) is 0.397. The van der Waals surface area contributed by atoms with E-state index in [0.717, 1.165) is 49.8 Å². The van der Waals surface area contributed by atoms with Crippen molar-refractivity contribution in [2.24, 2.45) is 0 Å². The van der Waals surface area contributed by atoms with Gasteiger partial charge in [0.2, 0.25) is 5.91 Å². The van der Waals surface area contributed by atoms with E-state index >= 15 is 0 Å². The molecule has 0 unspecified atom stereocenters. The van der Waals surface area contributed by atoms with Gasteiger partial charge in [0.25, 0.3) is 0 Å². The van der Waals surface area contributed by atoms with Gasteiger partial charge >= 0.3 is 0 Å². The van der Waals surface area contributed by atoms with Gasteiger partial charge in [-0.3, -0.25) is 9.20 Å². The Morgan fingerprint density at radius 3 is 2.69 bits per heavy atom. The molecule has 0 radical (unpaired) electrons. The van der Waals surface area contributed by atoms with E-state index < -0.39 is 0 Å². The lowest BCUT2D eigenvalue weighted by molar-refractivity contribution is -0.917. The van der Waals surface area contributed by atoms with Crippen LogP contribution >= 0.6 is 11.6 Å². The highest BCUT2D eigenvalue weighted by Gasteiger charge is 2.22. The summed E-state index contributed by atoms with van der Waals surface area (Å²) in [5.41, 5.74) is 2.77. The van der Waals surface area contributed by atoms with Crippen LogP contribution in [0.5, 0.6) is 5.75 Å². The number of carbonyl (C=O) groups excluding carboxylic acids is 1. The van der Waals surface area contributed by atoms with Crippen LogP contribution in [0.15, 0.2) is 54.7 Å². The Morgan fingerprint density at radius 2 is 1.97 bits per heavy atom. The van der Waals surface area contributed by atoms with Crippen molar-refractivity contribution in [3.63, 3.8) is 0 Å². The molecule has 0 atom stereocenters. The van der Waals surface area contributed by atoms with Crippen LogP contribution in [0.2, 0.25) is 5.15 Å². The third kappa shape index (κ3) is 4.44. The maximum Gasteiger partial charge on any atom is 0.247 e. The number of fused-ring (bicyclic) bond motifs is 1. The van der Waals surface area contributed by atoms with Gasteiger partial charge in [0.05, 0.1) is 39.0 Å². The number of pyridine rings is 1. The lowest BCUT2D eigenvalue weighted by atomic mass is 10.2. The number of amides is 1. The van der Waals surface area contributed by atoms with E-state index in [9.17, 15) is 4.79 Å². The third-order valence-corrected chi connectivity index (χ3v) is 5.58. The smallest absolute Gasteiger partial charge is 0.247 e. The molecule has 1 fully saturated rings. The topological polar surface area (TPSA) is 51.3 Å². The number of hydrogen-bond acceptors (Lipinski definition) is 3. The van der Waals surface area contributed by atoms with E-state index in [1.807, 2.05) is 45.8 Å². The van der Waals surface area contributed by atoms with E-state index in [2.05, 4.69) is 17.1 Å². The Morgan fingerprint density at radius 1 is 1.21 bits per heavy atom. The van der Waals surface area contributed by atoms with Crippen molar-refractivity contribution in [3.8, 4) is 5.75 Å². The van der Waals surface area contributed by atoms with Crippen molar-refractivity contribution in [3.05, 3.63) is 71.1 Å². The van der Waals surface area contributed by atoms with Gasteiger partial charge in [-0.1, -0.05) is 17.7 Å². The summed E-state index contributed by atoms with van der Waals surface area (Å²) in [4.78, 5) is 20.3. The second kappa shape index (κ2) is 8.68. The van der Waals surface area contributed by atoms with Gasteiger partial charge in [0.15, 0.2) is 5.15 Å². The first-order valence-corrected chi connectivity index (χ1v) is 10.1. The standard InChI is InChI=1S/C22H23ClN4O2/c1-29-18-7-5-17(6-8-18)16-25-12-14-26(15-13-25)21(28)10-9-19-22(23)24-20-4-2-3-11-27(19)20/h2-11H,12-16H2,1H3/p+1/b10-9+. The van der Waals surface area contributed by atoms with Gasteiger partial charge < -0.3 is 14.5 Å². The van der Waals surface area contributed by atoms with Crippen molar-refractivity contribution < 1.29 is 14.4 Å². The molecule has 1 aliphatic heterocycles. The Kier molecular flexibility index (Phi) is 5.83. The van der Waals surface area contributed by atoms with Crippen LogP contribution < -0.4 is 9.64 Å². The van der Waals surface area contributed by atoms with Gasteiger partial charge in [-0.15, -0.1) is 0 Å². The lowest BCUT2D eigenvalue weighted by Crippen LogP contribution is -3.13. The van der Waals surface area contributed by atoms with Crippen molar-refractivity contribution in [2.45, 2.75) is 6.54 Å². The van der Waals surface area contributed by atoms with E-state index in [1.54, 1.807) is 19.3 Å². The maximum absolute atomic E-state index is 12.6. The number of hydrogen-bond donors (Lipinski definition) is 1. The quantitative estimate of drug-likeness (QED) is 0.653. The Labute approximate surface area is 175 Å². The largest absolute Gasteiger partial charge is 0.497 e. The van der Waals surface area contributed by atoms with Crippen molar-refractivity contribution in [2.75, 3.05) is 33.3 Å². The van der Waals surface area contributed by atoms with Crippen molar-refractivity contribution in [1.82, 2.24) is 14.3 Å². The number of halogens is 1. The maximum atomic E-state index is 12.6. The predicted molar refractivity (Wildman–Crippen MR) is 113 cm³/mol. The number of rotatable bonds is 5. The molecule has 6 nitrogen and oxygen atoms in total. The Bertz CT molecular complexity index is 1020. The molecular weight excluding hydrogens is 388 g/mol. The number of ether oxygens (including phenoxy) is 1. The van der Waals surface area contributed by atoms with Crippen LogP contribution in [0.4, 0.5) is 0 Å². The minimum atomic E-state index is 0.00967. The van der Waals surface area contributed by atoms with E-state index in [0.29, 0.717) is 5.15 Å². The second-order valence-electron chi connectivity index (χ2n) is 7.15. The molecule has 1 aromatic carbocycles. The first kappa shape index (κ1) is 19.5. The number of aromatic nitrogens is 2. The number of methoxy groups -OCH3 is 1. The molecule has 0 saturated carbocycles. The molecule has 29 heavy (non-hydrogen) atoms. The SMILES string of the molecule is COc1ccc(C[NH+]2CCN(C(=O)/C=C/c3c(Cl)nc4ccccn34)CC2)cc1. The van der Waals surface area contributed by atoms with E-state index in [1.165, 1.54) is 10.5 Å². The van der Waals surface area contributed by atoms with E-state index in [-0.39, 0.29) is 5.91 Å². The summed E-state index contributed by atoms with van der Waals surface area (Å²) in [6.45, 7) is 4.31. The molecule has 1 aliphatic rings. The number of nitrogens with zero attached hydrogens (tertiary/aromatic N) is 3. The Balaban J connectivity index is 1.33. The zero-order chi connectivity index (χ0) is 20.2. The third-order valence-electron chi connectivity index (χ3n) is 5.30. The fraction of sp³-hybridized carbons (Fsp3) is 0.273. The summed E-state index contributed by atoms with van der Waals surface area (Å²) in [6.07, 6.45) is 5.23. The predicted octanol–water partition coefficient (Wildman–Crippen LogP) is 1.94. The minimum absolute atomic E-state index is 0.00967. The van der Waals surface area contributed by atoms with Crippen LogP contribution in [0, 0.1) is 0 Å². The minimum Gasteiger partial charge on any atom is -0.497 e. The zero-order valence-corrected chi connectivity index (χ0v) is 17.1. The molecule has 1 N–H and O–H groups in total.